The minimum absolute atomic E-state index is 0.204. The Hall–Kier alpha value is -1.19. The van der Waals surface area contributed by atoms with Crippen LogP contribution in [0.1, 0.15) is 39.5 Å². The number of rotatable bonds is 2. The predicted molar refractivity (Wildman–Crippen MR) is 57.2 cm³/mol. The molecule has 0 amide bonds. The third kappa shape index (κ3) is 1.88. The summed E-state index contributed by atoms with van der Waals surface area (Å²) in [7, 11) is 0. The van der Waals surface area contributed by atoms with E-state index in [0.717, 1.165) is 19.3 Å². The molecule has 90 valence electrons. The maximum Gasteiger partial charge on any atom is 0.377 e. The molecule has 2 atom stereocenters. The average molecular weight is 226 g/mol. The van der Waals surface area contributed by atoms with Crippen molar-refractivity contribution in [2.45, 2.75) is 45.3 Å². The molecule has 0 aromatic heterocycles. The average Bonchev–Trinajstić information content (AvgIpc) is 2.69. The van der Waals surface area contributed by atoms with Crippen molar-refractivity contribution in [3.05, 3.63) is 12.0 Å². The molecule has 1 aliphatic carbocycles. The van der Waals surface area contributed by atoms with E-state index in [1.165, 1.54) is 12.7 Å². The minimum atomic E-state index is -0.611. The van der Waals surface area contributed by atoms with Crippen molar-refractivity contribution < 1.29 is 19.0 Å². The second-order valence-corrected chi connectivity index (χ2v) is 4.38. The van der Waals surface area contributed by atoms with Crippen LogP contribution < -0.4 is 0 Å². The molecular weight excluding hydrogens is 208 g/mol. The molecule has 0 aromatic carbocycles. The van der Waals surface area contributed by atoms with Crippen LogP contribution in [0.4, 0.5) is 0 Å². The van der Waals surface area contributed by atoms with Crippen molar-refractivity contribution in [2.75, 3.05) is 6.61 Å². The van der Waals surface area contributed by atoms with Gasteiger partial charge in [-0.1, -0.05) is 13.3 Å². The molecule has 4 nitrogen and oxygen atoms in total. The summed E-state index contributed by atoms with van der Waals surface area (Å²) in [5.74, 6) is -0.530. The van der Waals surface area contributed by atoms with Crippen molar-refractivity contribution in [3.8, 4) is 0 Å². The summed E-state index contributed by atoms with van der Waals surface area (Å²) in [6, 6.07) is 0. The van der Waals surface area contributed by atoms with Crippen LogP contribution in [0.15, 0.2) is 12.0 Å². The zero-order valence-corrected chi connectivity index (χ0v) is 9.82. The normalized spacial score (nSPS) is 32.9. The molecule has 0 aromatic rings. The first-order chi connectivity index (χ1) is 7.68. The van der Waals surface area contributed by atoms with E-state index in [0.29, 0.717) is 12.5 Å². The highest BCUT2D eigenvalue weighted by molar-refractivity contribution is 5.86. The molecule has 1 saturated carbocycles. The molecule has 0 saturated heterocycles. The zero-order chi connectivity index (χ0) is 11.6. The van der Waals surface area contributed by atoms with Gasteiger partial charge in [0.1, 0.15) is 6.26 Å². The van der Waals surface area contributed by atoms with E-state index in [1.807, 2.05) is 0 Å². The van der Waals surface area contributed by atoms with Crippen molar-refractivity contribution in [1.29, 1.82) is 0 Å². The van der Waals surface area contributed by atoms with Gasteiger partial charge < -0.3 is 14.2 Å². The van der Waals surface area contributed by atoms with Crippen LogP contribution in [-0.2, 0) is 19.0 Å². The summed E-state index contributed by atoms with van der Waals surface area (Å²) in [6.45, 7) is 4.22. The minimum Gasteiger partial charge on any atom is -0.460 e. The van der Waals surface area contributed by atoms with Gasteiger partial charge in [0.05, 0.1) is 6.61 Å². The first kappa shape index (κ1) is 11.3. The van der Waals surface area contributed by atoms with Gasteiger partial charge in [-0.2, -0.15) is 0 Å². The summed E-state index contributed by atoms with van der Waals surface area (Å²) in [5.41, 5.74) is 0. The smallest absolute Gasteiger partial charge is 0.377 e. The molecule has 1 spiro atoms. The Morgan fingerprint density at radius 2 is 2.44 bits per heavy atom. The summed E-state index contributed by atoms with van der Waals surface area (Å²) < 4.78 is 16.2. The number of hydrogen-bond donors (Lipinski definition) is 0. The monoisotopic (exact) mass is 226 g/mol. The van der Waals surface area contributed by atoms with Crippen LogP contribution in [-0.4, -0.2) is 18.4 Å². The topological polar surface area (TPSA) is 44.8 Å². The molecule has 16 heavy (non-hydrogen) atoms. The second-order valence-electron chi connectivity index (χ2n) is 4.38. The molecule has 0 N–H and O–H groups in total. The molecule has 2 rings (SSSR count). The van der Waals surface area contributed by atoms with E-state index in [-0.39, 0.29) is 5.76 Å². The quantitative estimate of drug-likeness (QED) is 0.678. The van der Waals surface area contributed by atoms with Crippen molar-refractivity contribution in [1.82, 2.24) is 0 Å². The van der Waals surface area contributed by atoms with Gasteiger partial charge >= 0.3 is 5.97 Å². The lowest BCUT2D eigenvalue weighted by Crippen LogP contribution is -2.41. The van der Waals surface area contributed by atoms with E-state index in [1.54, 1.807) is 6.92 Å². The van der Waals surface area contributed by atoms with E-state index in [4.69, 9.17) is 14.2 Å². The van der Waals surface area contributed by atoms with Crippen LogP contribution in [0, 0.1) is 5.92 Å². The molecule has 0 bridgehead atoms. The molecule has 0 radical (unpaired) electrons. The van der Waals surface area contributed by atoms with Crippen LogP contribution >= 0.6 is 0 Å². The van der Waals surface area contributed by atoms with Gasteiger partial charge in [-0.3, -0.25) is 0 Å². The van der Waals surface area contributed by atoms with E-state index in [2.05, 4.69) is 6.92 Å². The summed E-state index contributed by atoms with van der Waals surface area (Å²) in [6.07, 6.45) is 5.59. The largest absolute Gasteiger partial charge is 0.460 e. The Morgan fingerprint density at radius 3 is 3.12 bits per heavy atom. The lowest BCUT2D eigenvalue weighted by Gasteiger charge is -2.37. The third-order valence-electron chi connectivity index (χ3n) is 3.29. The first-order valence-corrected chi connectivity index (χ1v) is 5.92. The van der Waals surface area contributed by atoms with E-state index >= 15 is 0 Å². The van der Waals surface area contributed by atoms with Gasteiger partial charge in [-0.25, -0.2) is 4.79 Å². The number of hydrogen-bond acceptors (Lipinski definition) is 4. The van der Waals surface area contributed by atoms with Crippen LogP contribution in [0.3, 0.4) is 0 Å². The van der Waals surface area contributed by atoms with E-state index < -0.39 is 11.8 Å². The van der Waals surface area contributed by atoms with Crippen molar-refractivity contribution >= 4 is 5.97 Å². The standard InChI is InChI=1S/C12H18O4/c1-3-14-11(13)10-8-15-12(16-10)7-5-4-6-9(12)2/h8-9H,3-7H2,1-2H3. The van der Waals surface area contributed by atoms with Gasteiger partial charge in [-0.05, 0) is 19.8 Å². The number of carbonyl (C=O) groups is 1. The summed E-state index contributed by atoms with van der Waals surface area (Å²) in [5, 5.41) is 0. The zero-order valence-electron chi connectivity index (χ0n) is 9.82. The second kappa shape index (κ2) is 4.36. The lowest BCUT2D eigenvalue weighted by molar-refractivity contribution is -0.204. The van der Waals surface area contributed by atoms with Crippen LogP contribution in [0.2, 0.25) is 0 Å². The number of carbonyl (C=O) groups excluding carboxylic acids is 1. The number of esters is 1. The highest BCUT2D eigenvalue weighted by Gasteiger charge is 2.47. The van der Waals surface area contributed by atoms with Gasteiger partial charge in [0.15, 0.2) is 0 Å². The third-order valence-corrected chi connectivity index (χ3v) is 3.29. The van der Waals surface area contributed by atoms with E-state index in [9.17, 15) is 4.79 Å². The SMILES string of the molecule is CCOC(=O)C1=COC2(CCCCC2C)O1. The van der Waals surface area contributed by atoms with Gasteiger partial charge in [0.25, 0.3) is 5.79 Å². The fraction of sp³-hybridized carbons (Fsp3) is 0.750. The van der Waals surface area contributed by atoms with Gasteiger partial charge in [-0.15, -0.1) is 0 Å². The van der Waals surface area contributed by atoms with Crippen LogP contribution in [0.5, 0.6) is 0 Å². The Morgan fingerprint density at radius 1 is 1.62 bits per heavy atom. The lowest BCUT2D eigenvalue weighted by atomic mass is 9.84. The van der Waals surface area contributed by atoms with Crippen molar-refractivity contribution in [3.63, 3.8) is 0 Å². The Balaban J connectivity index is 2.01. The summed E-state index contributed by atoms with van der Waals surface area (Å²) >= 11 is 0. The Labute approximate surface area is 95.6 Å². The highest BCUT2D eigenvalue weighted by atomic mass is 16.7. The Bertz CT molecular complexity index is 310. The predicted octanol–water partition coefficient (Wildman–Crippen LogP) is 2.34. The first-order valence-electron chi connectivity index (χ1n) is 5.92. The maximum atomic E-state index is 11.5. The van der Waals surface area contributed by atoms with Gasteiger partial charge in [0.2, 0.25) is 5.76 Å². The van der Waals surface area contributed by atoms with Crippen molar-refractivity contribution in [2.24, 2.45) is 5.92 Å². The fourth-order valence-electron chi connectivity index (χ4n) is 2.29. The maximum absolute atomic E-state index is 11.5. The Kier molecular flexibility index (Phi) is 3.08. The molecule has 1 heterocycles. The summed E-state index contributed by atoms with van der Waals surface area (Å²) in [4.78, 5) is 11.5. The molecular formula is C12H18O4. The molecule has 2 aliphatic rings. The fourth-order valence-corrected chi connectivity index (χ4v) is 2.29. The van der Waals surface area contributed by atoms with Gasteiger partial charge in [0, 0.05) is 12.3 Å². The highest BCUT2D eigenvalue weighted by Crippen LogP contribution is 2.42. The number of ether oxygens (including phenoxy) is 3. The van der Waals surface area contributed by atoms with Crippen LogP contribution in [0.25, 0.3) is 0 Å². The molecule has 1 fully saturated rings. The molecule has 1 aliphatic heterocycles. The molecule has 2 unspecified atom stereocenters. The molecule has 4 heteroatoms.